The average Bonchev–Trinajstić information content (AvgIpc) is 3.00. The number of aromatic nitrogens is 4. The summed E-state index contributed by atoms with van der Waals surface area (Å²) in [5.41, 5.74) is 1.00. The van der Waals surface area contributed by atoms with E-state index in [1.165, 1.54) is 6.21 Å². The van der Waals surface area contributed by atoms with Gasteiger partial charge in [0.25, 0.3) is 0 Å². The van der Waals surface area contributed by atoms with Crippen LogP contribution in [0, 0.1) is 0 Å². The van der Waals surface area contributed by atoms with Gasteiger partial charge in [-0.1, -0.05) is 0 Å². The number of rotatable bonds is 3. The molecule has 0 spiro atoms. The molecule has 8 nitrogen and oxygen atoms in total. The van der Waals surface area contributed by atoms with E-state index in [-0.39, 0.29) is 5.52 Å². The van der Waals surface area contributed by atoms with Gasteiger partial charge in [0.1, 0.15) is 11.3 Å². The Morgan fingerprint density at radius 3 is 2.68 bits per heavy atom. The van der Waals surface area contributed by atoms with Gasteiger partial charge in [-0.2, -0.15) is 5.10 Å². The topological polar surface area (TPSA) is 105 Å². The number of methoxy groups -OCH3 is 1. The summed E-state index contributed by atoms with van der Waals surface area (Å²) < 4.78 is 5.98. The first-order valence-corrected chi connectivity index (χ1v) is 7.46. The van der Waals surface area contributed by atoms with E-state index in [1.807, 2.05) is 0 Å². The Bertz CT molecular complexity index is 1220. The smallest absolute Gasteiger partial charge is 0.350 e. The average molecular weight is 335 g/mol. The van der Waals surface area contributed by atoms with E-state index in [0.29, 0.717) is 16.7 Å². The minimum absolute atomic E-state index is 0.273. The van der Waals surface area contributed by atoms with E-state index in [1.54, 1.807) is 49.8 Å². The number of nitrogens with one attached hydrogen (secondary N) is 2. The van der Waals surface area contributed by atoms with Gasteiger partial charge in [0.05, 0.1) is 18.8 Å². The minimum atomic E-state index is -0.619. The van der Waals surface area contributed by atoms with E-state index in [4.69, 9.17) is 4.74 Å². The molecule has 4 aromatic rings. The van der Waals surface area contributed by atoms with Crippen molar-refractivity contribution in [1.82, 2.24) is 19.6 Å². The van der Waals surface area contributed by atoms with Crippen LogP contribution in [-0.2, 0) is 0 Å². The maximum atomic E-state index is 12.6. The first kappa shape index (κ1) is 14.9. The predicted molar refractivity (Wildman–Crippen MR) is 94.5 cm³/mol. The fourth-order valence-corrected chi connectivity index (χ4v) is 2.63. The van der Waals surface area contributed by atoms with E-state index in [9.17, 15) is 9.59 Å². The van der Waals surface area contributed by atoms with Crippen LogP contribution < -0.4 is 16.0 Å². The lowest BCUT2D eigenvalue weighted by atomic mass is 10.2. The summed E-state index contributed by atoms with van der Waals surface area (Å²) in [5.74, 6) is 0.633. The van der Waals surface area contributed by atoms with E-state index in [2.05, 4.69) is 20.1 Å². The number of hydrogen-bond donors (Lipinski definition) is 2. The van der Waals surface area contributed by atoms with Crippen LogP contribution in [0.15, 0.2) is 57.4 Å². The Hall–Kier alpha value is -3.68. The third kappa shape index (κ3) is 2.49. The second-order valence-corrected chi connectivity index (χ2v) is 5.36. The van der Waals surface area contributed by atoms with Gasteiger partial charge in [0, 0.05) is 23.3 Å². The van der Waals surface area contributed by atoms with Crippen LogP contribution >= 0.6 is 0 Å². The number of benzene rings is 1. The Morgan fingerprint density at radius 1 is 1.12 bits per heavy atom. The number of nitrogens with zero attached hydrogens (tertiary/aromatic N) is 3. The summed E-state index contributed by atoms with van der Waals surface area (Å²) in [6, 6.07) is 8.76. The van der Waals surface area contributed by atoms with Gasteiger partial charge in [0.15, 0.2) is 0 Å². The molecule has 0 fully saturated rings. The molecule has 0 amide bonds. The van der Waals surface area contributed by atoms with E-state index >= 15 is 0 Å². The molecule has 0 saturated carbocycles. The standard InChI is InChI=1S/C17H13N5O3/c1-25-11-2-3-13-12(8-11)14-15(20-13)16(23)22(17(24)21-14)19-9-10-4-6-18-7-5-10/h2-9,20H,1H3,(H,21,24). The van der Waals surface area contributed by atoms with Crippen molar-refractivity contribution in [3.8, 4) is 5.75 Å². The number of ether oxygens (including phenoxy) is 1. The number of H-pyrrole nitrogens is 2. The van der Waals surface area contributed by atoms with Crippen molar-refractivity contribution >= 4 is 28.2 Å². The van der Waals surface area contributed by atoms with Crippen molar-refractivity contribution < 1.29 is 4.74 Å². The Kier molecular flexibility index (Phi) is 3.42. The molecule has 0 unspecified atom stereocenters. The quantitative estimate of drug-likeness (QED) is 0.553. The summed E-state index contributed by atoms with van der Waals surface area (Å²) >= 11 is 0. The molecular formula is C17H13N5O3. The second kappa shape index (κ2) is 5.75. The molecule has 4 rings (SSSR count). The fraction of sp³-hybridized carbons (Fsp3) is 0.0588. The summed E-state index contributed by atoms with van der Waals surface area (Å²) in [6.07, 6.45) is 4.63. The van der Waals surface area contributed by atoms with E-state index < -0.39 is 11.2 Å². The Morgan fingerprint density at radius 2 is 1.92 bits per heavy atom. The van der Waals surface area contributed by atoms with Gasteiger partial charge in [-0.05, 0) is 35.9 Å². The van der Waals surface area contributed by atoms with E-state index in [0.717, 1.165) is 15.8 Å². The molecule has 0 aliphatic rings. The van der Waals surface area contributed by atoms with Gasteiger partial charge in [-0.15, -0.1) is 4.68 Å². The predicted octanol–water partition coefficient (Wildman–Crippen LogP) is 1.46. The second-order valence-electron chi connectivity index (χ2n) is 5.36. The third-order valence-electron chi connectivity index (χ3n) is 3.86. The lowest BCUT2D eigenvalue weighted by Crippen LogP contribution is -2.32. The highest BCUT2D eigenvalue weighted by Gasteiger charge is 2.13. The summed E-state index contributed by atoms with van der Waals surface area (Å²) in [7, 11) is 1.56. The zero-order valence-electron chi connectivity index (χ0n) is 13.2. The lowest BCUT2D eigenvalue weighted by Gasteiger charge is -1.99. The molecule has 0 atom stereocenters. The van der Waals surface area contributed by atoms with Crippen molar-refractivity contribution in [2.24, 2.45) is 5.10 Å². The maximum Gasteiger partial charge on any atom is 0.350 e. The van der Waals surface area contributed by atoms with Gasteiger partial charge < -0.3 is 14.7 Å². The number of aromatic amines is 2. The van der Waals surface area contributed by atoms with Gasteiger partial charge in [0.2, 0.25) is 0 Å². The minimum Gasteiger partial charge on any atom is -0.497 e. The summed E-state index contributed by atoms with van der Waals surface area (Å²) in [6.45, 7) is 0. The highest BCUT2D eigenvalue weighted by atomic mass is 16.5. The first-order chi connectivity index (χ1) is 12.2. The molecule has 3 heterocycles. The zero-order valence-corrected chi connectivity index (χ0v) is 13.2. The molecule has 0 saturated heterocycles. The summed E-state index contributed by atoms with van der Waals surface area (Å²) in [5, 5.41) is 4.70. The van der Waals surface area contributed by atoms with Crippen LogP contribution in [0.3, 0.4) is 0 Å². The maximum absolute atomic E-state index is 12.6. The largest absolute Gasteiger partial charge is 0.497 e. The molecule has 0 aliphatic heterocycles. The van der Waals surface area contributed by atoms with Crippen LogP contribution in [0.5, 0.6) is 5.75 Å². The van der Waals surface area contributed by atoms with Crippen molar-refractivity contribution in [3.63, 3.8) is 0 Å². The first-order valence-electron chi connectivity index (χ1n) is 7.46. The zero-order chi connectivity index (χ0) is 17.4. The molecular weight excluding hydrogens is 322 g/mol. The van der Waals surface area contributed by atoms with Crippen LogP contribution in [-0.4, -0.2) is 33.0 Å². The van der Waals surface area contributed by atoms with Crippen molar-refractivity contribution in [2.75, 3.05) is 7.11 Å². The third-order valence-corrected chi connectivity index (χ3v) is 3.86. The van der Waals surface area contributed by atoms with Crippen molar-refractivity contribution in [2.45, 2.75) is 0 Å². The normalized spacial score (nSPS) is 11.6. The number of hydrogen-bond acceptors (Lipinski definition) is 5. The lowest BCUT2D eigenvalue weighted by molar-refractivity contribution is 0.415. The SMILES string of the molecule is COc1ccc2[nH]c3c(=O)n(N=Cc4ccncc4)c(=O)[nH]c3c2c1. The van der Waals surface area contributed by atoms with Gasteiger partial charge in [-0.3, -0.25) is 9.78 Å². The van der Waals surface area contributed by atoms with Crippen LogP contribution in [0.4, 0.5) is 0 Å². The molecule has 0 aliphatic carbocycles. The molecule has 124 valence electrons. The molecule has 1 aromatic carbocycles. The van der Waals surface area contributed by atoms with Crippen LogP contribution in [0.1, 0.15) is 5.56 Å². The van der Waals surface area contributed by atoms with Crippen molar-refractivity contribution in [3.05, 3.63) is 69.1 Å². The highest BCUT2D eigenvalue weighted by Crippen LogP contribution is 2.25. The van der Waals surface area contributed by atoms with Crippen LogP contribution in [0.25, 0.3) is 21.9 Å². The Labute approximate surface area is 140 Å². The monoisotopic (exact) mass is 335 g/mol. The van der Waals surface area contributed by atoms with Gasteiger partial charge >= 0.3 is 11.2 Å². The molecule has 25 heavy (non-hydrogen) atoms. The fourth-order valence-electron chi connectivity index (χ4n) is 2.63. The highest BCUT2D eigenvalue weighted by molar-refractivity contribution is 6.04. The molecule has 2 N–H and O–H groups in total. The summed E-state index contributed by atoms with van der Waals surface area (Å²) in [4.78, 5) is 34.6. The van der Waals surface area contributed by atoms with Gasteiger partial charge in [-0.25, -0.2) is 4.79 Å². The van der Waals surface area contributed by atoms with Crippen molar-refractivity contribution in [1.29, 1.82) is 0 Å². The Balaban J connectivity index is 1.93. The number of pyridine rings is 1. The molecule has 3 aromatic heterocycles. The molecule has 8 heteroatoms. The molecule has 0 radical (unpaired) electrons. The van der Waals surface area contributed by atoms with Crippen LogP contribution in [0.2, 0.25) is 0 Å². The number of fused-ring (bicyclic) bond motifs is 3. The molecule has 0 bridgehead atoms.